The predicted octanol–water partition coefficient (Wildman–Crippen LogP) is 23.2. The van der Waals surface area contributed by atoms with E-state index in [1.165, 1.54) is 257 Å². The summed E-state index contributed by atoms with van der Waals surface area (Å²) in [6, 6.07) is 0. The van der Waals surface area contributed by atoms with Gasteiger partial charge < -0.3 is 0 Å². The van der Waals surface area contributed by atoms with Crippen LogP contribution < -0.4 is 0 Å². The zero-order valence-corrected chi connectivity index (χ0v) is 49.9. The van der Waals surface area contributed by atoms with E-state index in [1.54, 1.807) is 69.1 Å². The van der Waals surface area contributed by atoms with Crippen LogP contribution in [0, 0.1) is 0 Å². The molecule has 1 rings (SSSR count). The van der Waals surface area contributed by atoms with Gasteiger partial charge in [-0.2, -0.15) is 0 Å². The van der Waals surface area contributed by atoms with Crippen LogP contribution in [-0.2, 0) is 0 Å². The van der Waals surface area contributed by atoms with E-state index >= 15 is 0 Å². The molecule has 60 heavy (non-hydrogen) atoms. The minimum atomic E-state index is -2.07. The van der Waals surface area contributed by atoms with E-state index in [2.05, 4.69) is 40.0 Å². The van der Waals surface area contributed by atoms with Crippen molar-refractivity contribution in [3.8, 4) is 0 Å². The Hall–Kier alpha value is 2.30. The van der Waals surface area contributed by atoms with E-state index in [-0.39, 0.29) is 0 Å². The second-order valence-corrected chi connectivity index (χ2v) is 88.5. The van der Waals surface area contributed by atoms with Crippen molar-refractivity contribution in [2.24, 2.45) is 0 Å². The quantitative estimate of drug-likeness (QED) is 0.0440. The van der Waals surface area contributed by atoms with Crippen LogP contribution in [-0.4, -0.2) is 31.2 Å². The van der Waals surface area contributed by atoms with Gasteiger partial charge in [0.25, 0.3) is 0 Å². The van der Waals surface area contributed by atoms with Crippen LogP contribution in [0.3, 0.4) is 0 Å². The fraction of sp³-hybridized carbons (Fsp3) is 1.00. The maximum atomic E-state index is 2.98. The molecule has 0 aromatic carbocycles. The van der Waals surface area contributed by atoms with Crippen LogP contribution in [0.5, 0.6) is 0 Å². The van der Waals surface area contributed by atoms with Crippen molar-refractivity contribution in [2.75, 3.05) is 0 Å². The molecular formula is C56H116S2Sn2. The summed E-state index contributed by atoms with van der Waals surface area (Å²) < 4.78 is 7.04. The Morgan fingerprint density at radius 2 is 0.283 bits per heavy atom. The molecule has 0 aliphatic carbocycles. The summed E-state index contributed by atoms with van der Waals surface area (Å²) >= 11 is -4.14. The molecule has 360 valence electrons. The van der Waals surface area contributed by atoms with Crippen molar-refractivity contribution in [1.82, 2.24) is 0 Å². The third kappa shape index (κ3) is 38.4. The van der Waals surface area contributed by atoms with Gasteiger partial charge in [-0.05, 0) is 0 Å². The normalized spacial score (nSPS) is 14.6. The van der Waals surface area contributed by atoms with E-state index in [0.29, 0.717) is 0 Å². The molecule has 0 unspecified atom stereocenters. The van der Waals surface area contributed by atoms with Crippen molar-refractivity contribution >= 4 is 43.5 Å². The molecule has 0 aromatic heterocycles. The van der Waals surface area contributed by atoms with Crippen molar-refractivity contribution in [3.63, 3.8) is 0 Å². The van der Waals surface area contributed by atoms with E-state index in [0.717, 1.165) is 0 Å². The number of hydrogen-bond acceptors (Lipinski definition) is 2. The average molecular weight is 1090 g/mol. The average Bonchev–Trinajstić information content (AvgIpc) is 3.24. The first-order valence-corrected chi connectivity index (χ1v) is 52.7. The topological polar surface area (TPSA) is 0 Å². The Bertz CT molecular complexity index is 689. The molecule has 1 fully saturated rings. The van der Waals surface area contributed by atoms with Crippen LogP contribution in [0.2, 0.25) is 17.7 Å². The molecule has 0 amide bonds. The van der Waals surface area contributed by atoms with Crippen molar-refractivity contribution in [1.29, 1.82) is 0 Å². The van der Waals surface area contributed by atoms with Gasteiger partial charge in [-0.3, -0.25) is 0 Å². The number of hydrogen-bond donors (Lipinski definition) is 0. The molecule has 0 aromatic rings. The first-order chi connectivity index (χ1) is 29.7. The molecule has 1 saturated heterocycles. The zero-order chi connectivity index (χ0) is 43.2. The van der Waals surface area contributed by atoms with Gasteiger partial charge >= 0.3 is 344 Å². The molecule has 0 bridgehead atoms. The van der Waals surface area contributed by atoms with Crippen molar-refractivity contribution in [3.05, 3.63) is 0 Å². The van der Waals surface area contributed by atoms with Crippen LogP contribution in [0.1, 0.15) is 336 Å². The molecule has 0 saturated carbocycles. The summed E-state index contributed by atoms with van der Waals surface area (Å²) in [6.07, 6.45) is 78.2. The van der Waals surface area contributed by atoms with Crippen LogP contribution in [0.15, 0.2) is 0 Å². The summed E-state index contributed by atoms with van der Waals surface area (Å²) in [5, 5.41) is 0. The molecular weight excluding hydrogens is 974 g/mol. The summed E-state index contributed by atoms with van der Waals surface area (Å²) in [5.74, 6) is 0. The van der Waals surface area contributed by atoms with Crippen LogP contribution in [0.25, 0.3) is 0 Å². The van der Waals surface area contributed by atoms with Crippen LogP contribution >= 0.6 is 12.3 Å². The van der Waals surface area contributed by atoms with E-state index in [9.17, 15) is 0 Å². The Labute approximate surface area is 393 Å². The number of unbranched alkanes of at least 4 members (excludes halogenated alkanes) is 44. The third-order valence-corrected chi connectivity index (χ3v) is 183. The summed E-state index contributed by atoms with van der Waals surface area (Å²) in [6.45, 7) is 9.36. The van der Waals surface area contributed by atoms with E-state index in [4.69, 9.17) is 0 Å². The van der Waals surface area contributed by atoms with Gasteiger partial charge in [0, 0.05) is 0 Å². The maximum absolute atomic E-state index is 2.98. The standard InChI is InChI=1S/4C14H29.2S.2Sn/c4*1-3-5-7-9-11-13-14-12-10-8-6-4-2;;;;/h4*1,3-14H2,2H3;;;;. The summed E-state index contributed by atoms with van der Waals surface area (Å²) in [4.78, 5) is 0. The van der Waals surface area contributed by atoms with E-state index < -0.39 is 31.2 Å². The molecule has 0 radical (unpaired) electrons. The van der Waals surface area contributed by atoms with Gasteiger partial charge in [0.15, 0.2) is 0 Å². The molecule has 1 aliphatic heterocycles. The van der Waals surface area contributed by atoms with Gasteiger partial charge in [0.2, 0.25) is 0 Å². The summed E-state index contributed by atoms with van der Waals surface area (Å²) in [7, 11) is 0. The van der Waals surface area contributed by atoms with Crippen molar-refractivity contribution in [2.45, 2.75) is 354 Å². The predicted molar refractivity (Wildman–Crippen MR) is 290 cm³/mol. The molecule has 1 heterocycles. The first-order valence-electron chi connectivity index (χ1n) is 29.1. The van der Waals surface area contributed by atoms with Crippen LogP contribution in [0.4, 0.5) is 0 Å². The molecule has 4 heteroatoms. The van der Waals surface area contributed by atoms with E-state index in [1.807, 2.05) is 0 Å². The second kappa shape index (κ2) is 47.8. The first kappa shape index (κ1) is 60.3. The molecule has 0 nitrogen and oxygen atoms in total. The summed E-state index contributed by atoms with van der Waals surface area (Å²) in [5.41, 5.74) is 0. The molecule has 0 N–H and O–H groups in total. The monoisotopic (exact) mass is 1090 g/mol. The molecule has 0 spiro atoms. The molecule has 1 aliphatic rings. The SMILES string of the molecule is CCCCCCCCCCCCC[CH2][Sn]1([CH2]CCCCCCCCCCCCC)[S][Sn]([CH2]CCCCCCCCCCCCC)([CH2]CCCCCCCCCCCCC)[S]1. The second-order valence-electron chi connectivity index (χ2n) is 20.6. The van der Waals surface area contributed by atoms with Gasteiger partial charge in [-0.15, -0.1) is 0 Å². The number of rotatable bonds is 52. The third-order valence-electron chi connectivity index (χ3n) is 14.4. The Morgan fingerprint density at radius 1 is 0.167 bits per heavy atom. The minimum absolute atomic E-state index is 1.38. The van der Waals surface area contributed by atoms with Crippen molar-refractivity contribution < 1.29 is 0 Å². The molecule has 0 atom stereocenters. The Morgan fingerprint density at radius 3 is 0.417 bits per heavy atom. The van der Waals surface area contributed by atoms with Gasteiger partial charge in [-0.25, -0.2) is 0 Å². The van der Waals surface area contributed by atoms with Gasteiger partial charge in [0.05, 0.1) is 0 Å². The fourth-order valence-electron chi connectivity index (χ4n) is 10.3. The Balaban J connectivity index is 2.59. The Kier molecular flexibility index (Phi) is 48.0. The fourth-order valence-corrected chi connectivity index (χ4v) is 250. The van der Waals surface area contributed by atoms with Gasteiger partial charge in [-0.1, -0.05) is 53.4 Å². The van der Waals surface area contributed by atoms with Gasteiger partial charge in [0.1, 0.15) is 0 Å². The zero-order valence-electron chi connectivity index (χ0n) is 42.6.